The number of carboxylic acid groups (broad SMARTS) is 1. The number of hydrogen-bond donors (Lipinski definition) is 2. The third-order valence-corrected chi connectivity index (χ3v) is 8.24. The average Bonchev–Trinajstić information content (AvgIpc) is 3.22. The fourth-order valence-electron chi connectivity index (χ4n) is 4.60. The van der Waals surface area contributed by atoms with Gasteiger partial charge < -0.3 is 19.1 Å². The molecule has 10 heteroatoms. The van der Waals surface area contributed by atoms with Crippen molar-refractivity contribution >= 4 is 26.9 Å². The summed E-state index contributed by atoms with van der Waals surface area (Å²) in [5.41, 5.74) is 3.56. The first-order chi connectivity index (χ1) is 19.7. The smallest absolute Gasteiger partial charge is 0.322 e. The van der Waals surface area contributed by atoms with Crippen molar-refractivity contribution in [2.45, 2.75) is 37.8 Å². The number of aromatic nitrogens is 1. The van der Waals surface area contributed by atoms with Crippen LogP contribution in [0.1, 0.15) is 29.3 Å². The molecule has 41 heavy (non-hydrogen) atoms. The number of rotatable bonds is 11. The molecule has 3 aromatic carbocycles. The Morgan fingerprint density at radius 1 is 1.10 bits per heavy atom. The lowest BCUT2D eigenvalue weighted by atomic mass is 10.0. The normalized spacial score (nSPS) is 11.8. The zero-order valence-electron chi connectivity index (χ0n) is 22.8. The van der Waals surface area contributed by atoms with Crippen LogP contribution in [0.5, 0.6) is 11.5 Å². The van der Waals surface area contributed by atoms with Gasteiger partial charge in [-0.2, -0.15) is 9.98 Å². The van der Waals surface area contributed by atoms with Crippen LogP contribution in [0.2, 0.25) is 0 Å². The highest BCUT2D eigenvalue weighted by molar-refractivity contribution is 7.89. The Hall–Kier alpha value is -4.77. The van der Waals surface area contributed by atoms with Crippen molar-refractivity contribution in [2.24, 2.45) is 0 Å². The number of ether oxygens (including phenoxy) is 2. The number of nitrogens with one attached hydrogen (secondary N) is 1. The Kier molecular flexibility index (Phi) is 8.98. The van der Waals surface area contributed by atoms with E-state index in [1.54, 1.807) is 31.2 Å². The van der Waals surface area contributed by atoms with Gasteiger partial charge >= 0.3 is 5.97 Å². The van der Waals surface area contributed by atoms with Gasteiger partial charge in [0.25, 0.3) is 0 Å². The van der Waals surface area contributed by atoms with Crippen LogP contribution in [0.15, 0.2) is 71.6 Å². The van der Waals surface area contributed by atoms with Crippen LogP contribution in [-0.2, 0) is 27.8 Å². The molecule has 0 amide bonds. The summed E-state index contributed by atoms with van der Waals surface area (Å²) in [6, 6.07) is 19.2. The van der Waals surface area contributed by atoms with E-state index in [0.717, 1.165) is 22.2 Å². The quantitative estimate of drug-likeness (QED) is 0.257. The average molecular weight is 572 g/mol. The topological polar surface area (TPSA) is 131 Å². The van der Waals surface area contributed by atoms with E-state index in [1.807, 2.05) is 29.7 Å². The van der Waals surface area contributed by atoms with Gasteiger partial charge in [0.05, 0.1) is 23.6 Å². The van der Waals surface area contributed by atoms with Crippen molar-refractivity contribution in [3.8, 4) is 29.4 Å². The largest absolute Gasteiger partial charge is 0.497 e. The standard InChI is InChI=1S/C31H29N3O6S/c1-4-5-16-40-24-10-13-26(14-11-24)41(37,38)33-29(31(35)36)18-27-21(2)34(20-23-9-7-6-8-22(23)19-32)30-15-12-25(39-3)17-28(27)30/h6-15,17,29,33H,16,18,20H2,1-3H3,(H,35,36)/t29-/m0/s1. The van der Waals surface area contributed by atoms with Gasteiger partial charge in [0.1, 0.15) is 24.1 Å². The highest BCUT2D eigenvalue weighted by Gasteiger charge is 2.28. The maximum absolute atomic E-state index is 13.2. The number of hydrogen-bond acceptors (Lipinski definition) is 6. The molecule has 0 aliphatic carbocycles. The molecule has 0 unspecified atom stereocenters. The Morgan fingerprint density at radius 3 is 2.46 bits per heavy atom. The van der Waals surface area contributed by atoms with Crippen molar-refractivity contribution in [3.63, 3.8) is 0 Å². The lowest BCUT2D eigenvalue weighted by molar-refractivity contribution is -0.138. The number of benzene rings is 3. The number of nitriles is 1. The molecule has 210 valence electrons. The molecule has 1 heterocycles. The van der Waals surface area contributed by atoms with Gasteiger partial charge in [-0.25, -0.2) is 8.42 Å². The van der Waals surface area contributed by atoms with E-state index in [4.69, 9.17) is 9.47 Å². The number of methoxy groups -OCH3 is 1. The van der Waals surface area contributed by atoms with Crippen LogP contribution in [-0.4, -0.2) is 43.8 Å². The molecular weight excluding hydrogens is 542 g/mol. The fourth-order valence-corrected chi connectivity index (χ4v) is 5.79. The zero-order chi connectivity index (χ0) is 29.6. The summed E-state index contributed by atoms with van der Waals surface area (Å²) in [5, 5.41) is 20.4. The van der Waals surface area contributed by atoms with Crippen LogP contribution in [0.4, 0.5) is 0 Å². The number of aliphatic carboxylic acids is 1. The van der Waals surface area contributed by atoms with Crippen LogP contribution in [0.25, 0.3) is 10.9 Å². The summed E-state index contributed by atoms with van der Waals surface area (Å²) in [4.78, 5) is 12.2. The molecule has 1 atom stereocenters. The van der Waals surface area contributed by atoms with Gasteiger partial charge in [-0.15, -0.1) is 5.92 Å². The van der Waals surface area contributed by atoms with Crippen molar-refractivity contribution < 1.29 is 27.8 Å². The molecule has 4 rings (SSSR count). The molecule has 0 saturated heterocycles. The summed E-state index contributed by atoms with van der Waals surface area (Å²) < 4.78 is 41.6. The minimum atomic E-state index is -4.18. The maximum atomic E-state index is 13.2. The highest BCUT2D eigenvalue weighted by atomic mass is 32.2. The van der Waals surface area contributed by atoms with Gasteiger partial charge in [-0.1, -0.05) is 24.1 Å². The summed E-state index contributed by atoms with van der Waals surface area (Å²) in [5.74, 6) is 5.17. The van der Waals surface area contributed by atoms with Crippen molar-refractivity contribution in [2.75, 3.05) is 13.7 Å². The summed E-state index contributed by atoms with van der Waals surface area (Å²) >= 11 is 0. The Bertz CT molecular complexity index is 1790. The summed E-state index contributed by atoms with van der Waals surface area (Å²) in [7, 11) is -2.64. The van der Waals surface area contributed by atoms with E-state index in [1.165, 1.54) is 31.4 Å². The lowest BCUT2D eigenvalue weighted by Crippen LogP contribution is -2.42. The maximum Gasteiger partial charge on any atom is 0.322 e. The van der Waals surface area contributed by atoms with E-state index in [9.17, 15) is 23.6 Å². The SMILES string of the molecule is CC#CCOc1ccc(S(=O)(=O)N[C@@H](Cc2c(C)n(Cc3ccccc3C#N)c3ccc(OC)cc23)C(=O)O)cc1. The van der Waals surface area contributed by atoms with Crippen LogP contribution in [0.3, 0.4) is 0 Å². The molecule has 0 aliphatic heterocycles. The predicted octanol–water partition coefficient (Wildman–Crippen LogP) is 4.25. The second kappa shape index (κ2) is 12.6. The molecule has 0 spiro atoms. The van der Waals surface area contributed by atoms with Crippen LogP contribution in [0, 0.1) is 30.1 Å². The molecule has 0 aliphatic rings. The van der Waals surface area contributed by atoms with E-state index in [0.29, 0.717) is 29.2 Å². The lowest BCUT2D eigenvalue weighted by Gasteiger charge is -2.16. The van der Waals surface area contributed by atoms with Crippen molar-refractivity contribution in [3.05, 3.63) is 89.1 Å². The Balaban J connectivity index is 1.68. The van der Waals surface area contributed by atoms with Crippen molar-refractivity contribution in [1.82, 2.24) is 9.29 Å². The Labute approximate surface area is 239 Å². The van der Waals surface area contributed by atoms with E-state index in [2.05, 4.69) is 22.6 Å². The first-order valence-electron chi connectivity index (χ1n) is 12.7. The van der Waals surface area contributed by atoms with Gasteiger partial charge in [0.2, 0.25) is 10.0 Å². The molecule has 0 saturated carbocycles. The molecule has 0 radical (unpaired) electrons. The van der Waals surface area contributed by atoms with Gasteiger partial charge in [0.15, 0.2) is 0 Å². The number of carbonyl (C=O) groups is 1. The van der Waals surface area contributed by atoms with E-state index < -0.39 is 22.0 Å². The minimum absolute atomic E-state index is 0.0911. The number of nitrogens with zero attached hydrogens (tertiary/aromatic N) is 2. The molecule has 1 aromatic heterocycles. The third kappa shape index (κ3) is 6.52. The minimum Gasteiger partial charge on any atom is -0.497 e. The molecular formula is C31H29N3O6S. The zero-order valence-corrected chi connectivity index (χ0v) is 23.7. The molecule has 0 bridgehead atoms. The van der Waals surface area contributed by atoms with Gasteiger partial charge in [-0.3, -0.25) is 4.79 Å². The second-order valence-electron chi connectivity index (χ2n) is 9.21. The summed E-state index contributed by atoms with van der Waals surface area (Å²) in [6.45, 7) is 4.08. The fraction of sp³-hybridized carbons (Fsp3) is 0.226. The molecule has 9 nitrogen and oxygen atoms in total. The molecule has 2 N–H and O–H groups in total. The van der Waals surface area contributed by atoms with E-state index >= 15 is 0 Å². The highest BCUT2D eigenvalue weighted by Crippen LogP contribution is 2.32. The van der Waals surface area contributed by atoms with Gasteiger partial charge in [0, 0.05) is 29.6 Å². The summed E-state index contributed by atoms with van der Waals surface area (Å²) in [6.07, 6.45) is -0.117. The van der Waals surface area contributed by atoms with E-state index in [-0.39, 0.29) is 17.9 Å². The number of carboxylic acids is 1. The molecule has 4 aromatic rings. The predicted molar refractivity (Wildman–Crippen MR) is 154 cm³/mol. The van der Waals surface area contributed by atoms with Gasteiger partial charge in [-0.05, 0) is 73.5 Å². The van der Waals surface area contributed by atoms with Crippen molar-refractivity contribution in [1.29, 1.82) is 5.26 Å². The monoisotopic (exact) mass is 571 g/mol. The second-order valence-corrected chi connectivity index (χ2v) is 10.9. The number of fused-ring (bicyclic) bond motifs is 1. The Morgan fingerprint density at radius 2 is 1.80 bits per heavy atom. The van der Waals surface area contributed by atoms with Crippen LogP contribution < -0.4 is 14.2 Å². The third-order valence-electron chi connectivity index (χ3n) is 6.75. The first-order valence-corrected chi connectivity index (χ1v) is 14.2. The first kappa shape index (κ1) is 29.2. The van der Waals surface area contributed by atoms with Crippen LogP contribution >= 0.6 is 0 Å². The molecule has 0 fully saturated rings. The number of sulfonamides is 1.